The summed E-state index contributed by atoms with van der Waals surface area (Å²) in [4.78, 5) is 11.9. The molecule has 0 saturated heterocycles. The molecule has 2 nitrogen and oxygen atoms in total. The molecule has 0 radical (unpaired) electrons. The van der Waals surface area contributed by atoms with Gasteiger partial charge in [0, 0.05) is 11.8 Å². The molecule has 2 heteroatoms. The highest BCUT2D eigenvalue weighted by Crippen LogP contribution is 2.60. The summed E-state index contributed by atoms with van der Waals surface area (Å²) < 4.78 is 4.94. The predicted octanol–water partition coefficient (Wildman–Crippen LogP) is 3.36. The SMILES string of the molecule is COC(=O)C1C(c2ccccc2)C1c1ccccc1. The van der Waals surface area contributed by atoms with E-state index in [0.717, 1.165) is 0 Å². The van der Waals surface area contributed by atoms with Gasteiger partial charge >= 0.3 is 5.97 Å². The van der Waals surface area contributed by atoms with E-state index in [9.17, 15) is 4.79 Å². The summed E-state index contributed by atoms with van der Waals surface area (Å²) in [5, 5.41) is 0. The molecule has 0 N–H and O–H groups in total. The van der Waals surface area contributed by atoms with Gasteiger partial charge in [0.15, 0.2) is 0 Å². The molecule has 1 fully saturated rings. The second kappa shape index (κ2) is 4.88. The van der Waals surface area contributed by atoms with Crippen LogP contribution in [0.15, 0.2) is 60.7 Å². The minimum absolute atomic E-state index is 0.0465. The lowest BCUT2D eigenvalue weighted by molar-refractivity contribution is -0.142. The van der Waals surface area contributed by atoms with Crippen molar-refractivity contribution in [3.63, 3.8) is 0 Å². The molecule has 3 rings (SSSR count). The van der Waals surface area contributed by atoms with Gasteiger partial charge in [-0.3, -0.25) is 4.79 Å². The van der Waals surface area contributed by atoms with E-state index in [-0.39, 0.29) is 23.7 Å². The monoisotopic (exact) mass is 252 g/mol. The number of carbonyl (C=O) groups excluding carboxylic acids is 1. The van der Waals surface area contributed by atoms with Gasteiger partial charge in [0.2, 0.25) is 0 Å². The molecule has 1 saturated carbocycles. The molecule has 19 heavy (non-hydrogen) atoms. The molecular weight excluding hydrogens is 236 g/mol. The fraction of sp³-hybridized carbons (Fsp3) is 0.235. The van der Waals surface area contributed by atoms with Crippen LogP contribution in [-0.4, -0.2) is 13.1 Å². The first-order valence-electron chi connectivity index (χ1n) is 6.50. The van der Waals surface area contributed by atoms with Crippen molar-refractivity contribution in [3.8, 4) is 0 Å². The van der Waals surface area contributed by atoms with Gasteiger partial charge in [0.1, 0.15) is 0 Å². The van der Waals surface area contributed by atoms with Crippen molar-refractivity contribution in [2.24, 2.45) is 5.92 Å². The lowest BCUT2D eigenvalue weighted by atomic mass is 10.0. The Kier molecular flexibility index (Phi) is 3.08. The van der Waals surface area contributed by atoms with Gasteiger partial charge < -0.3 is 4.74 Å². The lowest BCUT2D eigenvalue weighted by Crippen LogP contribution is -2.05. The standard InChI is InChI=1S/C17H16O2/c1-19-17(18)16-14(12-8-4-2-5-9-12)15(16)13-10-6-3-7-11-13/h2-11,14-16H,1H3. The Labute approximate surface area is 113 Å². The molecule has 2 aromatic rings. The van der Waals surface area contributed by atoms with Crippen molar-refractivity contribution in [2.45, 2.75) is 11.8 Å². The van der Waals surface area contributed by atoms with Crippen LogP contribution < -0.4 is 0 Å². The van der Waals surface area contributed by atoms with E-state index in [1.165, 1.54) is 18.2 Å². The number of methoxy groups -OCH3 is 1. The number of esters is 1. The number of hydrogen-bond acceptors (Lipinski definition) is 2. The molecule has 0 amide bonds. The zero-order valence-electron chi connectivity index (χ0n) is 10.8. The summed E-state index contributed by atoms with van der Waals surface area (Å²) >= 11 is 0. The Bertz CT molecular complexity index is 517. The normalized spacial score (nSPS) is 24.8. The molecule has 0 aliphatic heterocycles. The van der Waals surface area contributed by atoms with Crippen molar-refractivity contribution < 1.29 is 9.53 Å². The Balaban J connectivity index is 1.93. The summed E-state index contributed by atoms with van der Waals surface area (Å²) in [6.45, 7) is 0. The summed E-state index contributed by atoms with van der Waals surface area (Å²) in [6.07, 6.45) is 0. The largest absolute Gasteiger partial charge is 0.469 e. The van der Waals surface area contributed by atoms with Crippen LogP contribution in [0.3, 0.4) is 0 Å². The number of benzene rings is 2. The zero-order valence-corrected chi connectivity index (χ0v) is 10.8. The Morgan fingerprint density at radius 1 is 0.842 bits per heavy atom. The highest BCUT2D eigenvalue weighted by molar-refractivity contribution is 5.80. The summed E-state index contributed by atoms with van der Waals surface area (Å²) in [6, 6.07) is 20.4. The van der Waals surface area contributed by atoms with Crippen LogP contribution in [0.2, 0.25) is 0 Å². The minimum atomic E-state index is -0.109. The maximum atomic E-state index is 11.9. The maximum absolute atomic E-state index is 11.9. The molecule has 0 heterocycles. The third kappa shape index (κ3) is 2.14. The van der Waals surface area contributed by atoms with Crippen molar-refractivity contribution in [2.75, 3.05) is 7.11 Å². The van der Waals surface area contributed by atoms with Crippen LogP contribution in [0, 0.1) is 5.92 Å². The molecule has 0 spiro atoms. The molecule has 0 aromatic heterocycles. The first kappa shape index (κ1) is 12.0. The van der Waals surface area contributed by atoms with Crippen molar-refractivity contribution >= 4 is 5.97 Å². The Hall–Kier alpha value is -2.09. The van der Waals surface area contributed by atoms with Crippen LogP contribution in [-0.2, 0) is 9.53 Å². The topological polar surface area (TPSA) is 26.3 Å². The van der Waals surface area contributed by atoms with Crippen LogP contribution in [0.25, 0.3) is 0 Å². The highest BCUT2D eigenvalue weighted by atomic mass is 16.5. The number of rotatable bonds is 3. The van der Waals surface area contributed by atoms with Gasteiger partial charge in [0.05, 0.1) is 13.0 Å². The summed E-state index contributed by atoms with van der Waals surface area (Å²) in [5.74, 6) is 0.338. The number of ether oxygens (including phenoxy) is 1. The second-order valence-corrected chi connectivity index (χ2v) is 4.92. The van der Waals surface area contributed by atoms with E-state index in [0.29, 0.717) is 0 Å². The van der Waals surface area contributed by atoms with E-state index in [1.807, 2.05) is 36.4 Å². The smallest absolute Gasteiger partial charge is 0.309 e. The molecule has 0 bridgehead atoms. The molecule has 2 atom stereocenters. The van der Waals surface area contributed by atoms with Gasteiger partial charge in [-0.05, 0) is 11.1 Å². The summed E-state index contributed by atoms with van der Waals surface area (Å²) in [5.41, 5.74) is 2.43. The van der Waals surface area contributed by atoms with Crippen molar-refractivity contribution in [1.82, 2.24) is 0 Å². The van der Waals surface area contributed by atoms with Crippen LogP contribution >= 0.6 is 0 Å². The predicted molar refractivity (Wildman–Crippen MR) is 73.9 cm³/mol. The molecule has 2 aromatic carbocycles. The Morgan fingerprint density at radius 3 is 1.63 bits per heavy atom. The van der Waals surface area contributed by atoms with Gasteiger partial charge in [-0.15, -0.1) is 0 Å². The second-order valence-electron chi connectivity index (χ2n) is 4.92. The van der Waals surface area contributed by atoms with E-state index < -0.39 is 0 Å². The van der Waals surface area contributed by atoms with Crippen LogP contribution in [0.1, 0.15) is 23.0 Å². The number of carbonyl (C=O) groups is 1. The average molecular weight is 252 g/mol. The lowest BCUT2D eigenvalue weighted by Gasteiger charge is -1.99. The molecule has 96 valence electrons. The fourth-order valence-electron chi connectivity index (χ4n) is 2.92. The van der Waals surface area contributed by atoms with Crippen LogP contribution in [0.5, 0.6) is 0 Å². The third-order valence-corrected chi connectivity index (χ3v) is 3.86. The zero-order chi connectivity index (χ0) is 13.2. The van der Waals surface area contributed by atoms with Gasteiger partial charge in [-0.25, -0.2) is 0 Å². The summed E-state index contributed by atoms with van der Waals surface area (Å²) in [7, 11) is 1.46. The Morgan fingerprint density at radius 2 is 1.26 bits per heavy atom. The van der Waals surface area contributed by atoms with E-state index in [2.05, 4.69) is 24.3 Å². The molecule has 1 aliphatic carbocycles. The molecule has 2 unspecified atom stereocenters. The van der Waals surface area contributed by atoms with Crippen molar-refractivity contribution in [3.05, 3.63) is 71.8 Å². The maximum Gasteiger partial charge on any atom is 0.309 e. The fourth-order valence-corrected chi connectivity index (χ4v) is 2.92. The quantitative estimate of drug-likeness (QED) is 0.783. The first-order valence-corrected chi connectivity index (χ1v) is 6.50. The van der Waals surface area contributed by atoms with Gasteiger partial charge in [-0.2, -0.15) is 0 Å². The molecule has 1 aliphatic rings. The van der Waals surface area contributed by atoms with E-state index in [4.69, 9.17) is 4.74 Å². The average Bonchev–Trinajstić information content (AvgIpc) is 3.24. The van der Waals surface area contributed by atoms with Crippen LogP contribution in [0.4, 0.5) is 0 Å². The van der Waals surface area contributed by atoms with E-state index in [1.54, 1.807) is 0 Å². The van der Waals surface area contributed by atoms with Gasteiger partial charge in [-0.1, -0.05) is 60.7 Å². The van der Waals surface area contributed by atoms with E-state index >= 15 is 0 Å². The minimum Gasteiger partial charge on any atom is -0.469 e. The number of hydrogen-bond donors (Lipinski definition) is 0. The van der Waals surface area contributed by atoms with Gasteiger partial charge in [0.25, 0.3) is 0 Å². The van der Waals surface area contributed by atoms with Crippen molar-refractivity contribution in [1.29, 1.82) is 0 Å². The highest BCUT2D eigenvalue weighted by Gasteiger charge is 2.56. The first-order chi connectivity index (χ1) is 9.33. The third-order valence-electron chi connectivity index (χ3n) is 3.86. The molecular formula is C17H16O2.